The minimum absolute atomic E-state index is 0. The number of rotatable bonds is 3. The summed E-state index contributed by atoms with van der Waals surface area (Å²) in [5.41, 5.74) is 1.50. The summed E-state index contributed by atoms with van der Waals surface area (Å²) in [5, 5.41) is 3.48. The highest BCUT2D eigenvalue weighted by atomic mass is 127. The van der Waals surface area contributed by atoms with Gasteiger partial charge in [-0.15, -0.1) is 24.0 Å². The molecule has 2 heterocycles. The van der Waals surface area contributed by atoms with E-state index in [9.17, 15) is 0 Å². The predicted octanol–water partition coefficient (Wildman–Crippen LogP) is 3.26. The van der Waals surface area contributed by atoms with E-state index in [1.54, 1.807) is 7.11 Å². The van der Waals surface area contributed by atoms with Gasteiger partial charge in [-0.25, -0.2) is 0 Å². The third-order valence-electron chi connectivity index (χ3n) is 4.82. The molecular formula is C17H25BrIN3O2. The molecule has 2 aliphatic heterocycles. The first-order valence-corrected chi connectivity index (χ1v) is 8.81. The van der Waals surface area contributed by atoms with Crippen LogP contribution >= 0.6 is 39.9 Å². The van der Waals surface area contributed by atoms with Gasteiger partial charge in [0.05, 0.1) is 13.7 Å². The van der Waals surface area contributed by atoms with Crippen molar-refractivity contribution in [3.8, 4) is 5.75 Å². The molecular weight excluding hydrogens is 485 g/mol. The summed E-state index contributed by atoms with van der Waals surface area (Å²) < 4.78 is 12.0. The van der Waals surface area contributed by atoms with Crippen molar-refractivity contribution in [3.63, 3.8) is 0 Å². The zero-order valence-electron chi connectivity index (χ0n) is 14.2. The van der Waals surface area contributed by atoms with Gasteiger partial charge in [0, 0.05) is 43.2 Å². The normalized spacial score (nSPS) is 23.5. The Kier molecular flexibility index (Phi) is 7.18. The lowest BCUT2D eigenvalue weighted by molar-refractivity contribution is 0.156. The van der Waals surface area contributed by atoms with Crippen LogP contribution in [0.4, 0.5) is 0 Å². The molecule has 3 rings (SSSR count). The summed E-state index contributed by atoms with van der Waals surface area (Å²) in [7, 11) is 3.53. The highest BCUT2D eigenvalue weighted by Crippen LogP contribution is 2.38. The molecule has 5 nitrogen and oxygen atoms in total. The summed E-state index contributed by atoms with van der Waals surface area (Å²) in [6.45, 7) is 4.58. The van der Waals surface area contributed by atoms with Gasteiger partial charge in [-0.2, -0.15) is 0 Å². The van der Waals surface area contributed by atoms with Crippen molar-refractivity contribution < 1.29 is 9.47 Å². The Labute approximate surface area is 169 Å². The Hall–Kier alpha value is -0.540. The Morgan fingerprint density at radius 3 is 2.96 bits per heavy atom. The molecule has 0 aromatic heterocycles. The fraction of sp³-hybridized carbons (Fsp3) is 0.588. The number of nitrogens with zero attached hydrogens (tertiary/aromatic N) is 2. The predicted molar refractivity (Wildman–Crippen MR) is 110 cm³/mol. The van der Waals surface area contributed by atoms with Crippen LogP contribution in [-0.4, -0.2) is 51.3 Å². The van der Waals surface area contributed by atoms with Crippen molar-refractivity contribution in [1.29, 1.82) is 0 Å². The number of likely N-dealkylation sites (tertiary alicyclic amines) is 1. The van der Waals surface area contributed by atoms with Crippen molar-refractivity contribution >= 4 is 45.9 Å². The number of hydrogen-bond acceptors (Lipinski definition) is 3. The van der Waals surface area contributed by atoms with Gasteiger partial charge in [-0.05, 0) is 36.6 Å². The topological polar surface area (TPSA) is 46.1 Å². The second-order valence-electron chi connectivity index (χ2n) is 6.33. The van der Waals surface area contributed by atoms with Crippen LogP contribution in [0.5, 0.6) is 5.75 Å². The molecule has 1 spiro atoms. The number of halogens is 2. The lowest BCUT2D eigenvalue weighted by atomic mass is 9.87. The molecule has 7 heteroatoms. The van der Waals surface area contributed by atoms with Crippen molar-refractivity contribution in [3.05, 3.63) is 28.2 Å². The van der Waals surface area contributed by atoms with Crippen molar-refractivity contribution in [2.24, 2.45) is 10.4 Å². The van der Waals surface area contributed by atoms with E-state index in [0.29, 0.717) is 12.0 Å². The smallest absolute Gasteiger partial charge is 0.193 e. The molecule has 1 N–H and O–H groups in total. The first-order valence-electron chi connectivity index (χ1n) is 8.01. The van der Waals surface area contributed by atoms with Crippen LogP contribution in [0.1, 0.15) is 18.4 Å². The van der Waals surface area contributed by atoms with Gasteiger partial charge in [-0.1, -0.05) is 15.9 Å². The van der Waals surface area contributed by atoms with E-state index in [1.165, 1.54) is 12.8 Å². The SMILES string of the molecule is CN=C(NCc1cc(OC)ccc1Br)N1CCC2(CCOC2)C1.I. The number of benzene rings is 1. The quantitative estimate of drug-likeness (QED) is 0.386. The van der Waals surface area contributed by atoms with Gasteiger partial charge < -0.3 is 19.7 Å². The maximum atomic E-state index is 5.61. The number of nitrogens with one attached hydrogen (secondary N) is 1. The Balaban J connectivity index is 0.00000208. The Morgan fingerprint density at radius 2 is 2.29 bits per heavy atom. The van der Waals surface area contributed by atoms with Crippen molar-refractivity contribution in [2.45, 2.75) is 19.4 Å². The van der Waals surface area contributed by atoms with Crippen LogP contribution in [0.2, 0.25) is 0 Å². The molecule has 2 fully saturated rings. The largest absolute Gasteiger partial charge is 0.497 e. The molecule has 2 aliphatic rings. The average Bonchev–Trinajstić information content (AvgIpc) is 3.20. The van der Waals surface area contributed by atoms with Crippen LogP contribution in [0.25, 0.3) is 0 Å². The van der Waals surface area contributed by atoms with Gasteiger partial charge in [0.1, 0.15) is 5.75 Å². The van der Waals surface area contributed by atoms with Crippen molar-refractivity contribution in [1.82, 2.24) is 10.2 Å². The Morgan fingerprint density at radius 1 is 1.46 bits per heavy atom. The minimum atomic E-state index is 0. The molecule has 24 heavy (non-hydrogen) atoms. The maximum Gasteiger partial charge on any atom is 0.193 e. The van der Waals surface area contributed by atoms with Crippen LogP contribution in [0.15, 0.2) is 27.7 Å². The van der Waals surface area contributed by atoms with E-state index in [-0.39, 0.29) is 24.0 Å². The number of hydrogen-bond donors (Lipinski definition) is 1. The fourth-order valence-electron chi connectivity index (χ4n) is 3.41. The summed E-state index contributed by atoms with van der Waals surface area (Å²) in [6.07, 6.45) is 2.36. The first-order chi connectivity index (χ1) is 11.2. The molecule has 0 radical (unpaired) electrons. The third-order valence-corrected chi connectivity index (χ3v) is 5.60. The molecule has 2 saturated heterocycles. The van der Waals surface area contributed by atoms with E-state index in [0.717, 1.165) is 48.0 Å². The Bertz CT molecular complexity index is 591. The molecule has 0 aliphatic carbocycles. The van der Waals surface area contributed by atoms with Crippen LogP contribution in [0, 0.1) is 5.41 Å². The molecule has 1 atom stereocenters. The van der Waals surface area contributed by atoms with Gasteiger partial charge in [-0.3, -0.25) is 4.99 Å². The zero-order chi connectivity index (χ0) is 16.3. The van der Waals surface area contributed by atoms with E-state index in [1.807, 2.05) is 25.2 Å². The van der Waals surface area contributed by atoms with Gasteiger partial charge >= 0.3 is 0 Å². The van der Waals surface area contributed by atoms with Crippen LogP contribution in [-0.2, 0) is 11.3 Å². The average molecular weight is 510 g/mol. The minimum Gasteiger partial charge on any atom is -0.497 e. The number of guanidine groups is 1. The standard InChI is InChI=1S/C17H24BrN3O2.HI/c1-19-16(21-7-5-17(11-21)6-8-23-12-17)20-10-13-9-14(22-2)3-4-15(13)18;/h3-4,9H,5-8,10-12H2,1-2H3,(H,19,20);1H. The van der Waals surface area contributed by atoms with Gasteiger partial charge in [0.2, 0.25) is 0 Å². The summed E-state index contributed by atoms with van der Waals surface area (Å²) in [5.74, 6) is 1.83. The zero-order valence-corrected chi connectivity index (χ0v) is 18.1. The van der Waals surface area contributed by atoms with E-state index in [2.05, 4.69) is 31.1 Å². The second-order valence-corrected chi connectivity index (χ2v) is 7.19. The van der Waals surface area contributed by atoms with E-state index >= 15 is 0 Å². The number of aliphatic imine (C=N–C) groups is 1. The number of methoxy groups -OCH3 is 1. The summed E-state index contributed by atoms with van der Waals surface area (Å²) in [6, 6.07) is 6.01. The molecule has 134 valence electrons. The molecule has 1 aromatic rings. The van der Waals surface area contributed by atoms with Gasteiger partial charge in [0.15, 0.2) is 5.96 Å². The van der Waals surface area contributed by atoms with E-state index in [4.69, 9.17) is 9.47 Å². The molecule has 0 amide bonds. The van der Waals surface area contributed by atoms with Crippen molar-refractivity contribution in [2.75, 3.05) is 40.5 Å². The third kappa shape index (κ3) is 4.35. The van der Waals surface area contributed by atoms with Crippen LogP contribution < -0.4 is 10.1 Å². The lowest BCUT2D eigenvalue weighted by Gasteiger charge is -2.25. The summed E-state index contributed by atoms with van der Waals surface area (Å²) in [4.78, 5) is 6.81. The molecule has 0 saturated carbocycles. The molecule has 1 unspecified atom stereocenters. The molecule has 0 bridgehead atoms. The van der Waals surface area contributed by atoms with Crippen LogP contribution in [0.3, 0.4) is 0 Å². The first kappa shape index (κ1) is 19.8. The van der Waals surface area contributed by atoms with E-state index < -0.39 is 0 Å². The monoisotopic (exact) mass is 509 g/mol. The highest BCUT2D eigenvalue weighted by Gasteiger charge is 2.42. The van der Waals surface area contributed by atoms with Gasteiger partial charge in [0.25, 0.3) is 0 Å². The second kappa shape index (κ2) is 8.71. The lowest BCUT2D eigenvalue weighted by Crippen LogP contribution is -2.41. The number of ether oxygens (including phenoxy) is 2. The fourth-order valence-corrected chi connectivity index (χ4v) is 3.79. The highest BCUT2D eigenvalue weighted by molar-refractivity contribution is 14.0. The molecule has 1 aromatic carbocycles. The maximum absolute atomic E-state index is 5.61. The summed E-state index contributed by atoms with van der Waals surface area (Å²) >= 11 is 3.60.